The predicted molar refractivity (Wildman–Crippen MR) is 77.4 cm³/mol. The second-order valence-corrected chi connectivity index (χ2v) is 7.64. The van der Waals surface area contributed by atoms with Crippen molar-refractivity contribution in [3.8, 4) is 0 Å². The molecule has 0 aromatic heterocycles. The van der Waals surface area contributed by atoms with Crippen molar-refractivity contribution in [2.24, 2.45) is 23.7 Å². The molecule has 0 radical (unpaired) electrons. The zero-order chi connectivity index (χ0) is 13.7. The summed E-state index contributed by atoms with van der Waals surface area (Å²) in [4.78, 5) is 13.5. The average Bonchev–Trinajstić information content (AvgIpc) is 2.37. The summed E-state index contributed by atoms with van der Waals surface area (Å²) in [6, 6.07) is 0.764. The molecule has 3 heteroatoms. The Kier molecular flexibility index (Phi) is 3.13. The van der Waals surface area contributed by atoms with E-state index in [1.165, 1.54) is 44.7 Å². The van der Waals surface area contributed by atoms with Gasteiger partial charge in [-0.2, -0.15) is 0 Å². The molecule has 4 bridgehead atoms. The smallest absolute Gasteiger partial charge is 0.328 e. The Labute approximate surface area is 121 Å². The maximum atomic E-state index is 10.9. The number of aliphatic carboxylic acids is 1. The molecule has 3 nitrogen and oxygen atoms in total. The summed E-state index contributed by atoms with van der Waals surface area (Å²) < 4.78 is 0. The Morgan fingerprint density at radius 3 is 2.35 bits per heavy atom. The van der Waals surface area contributed by atoms with Crippen molar-refractivity contribution in [1.29, 1.82) is 0 Å². The van der Waals surface area contributed by atoms with Gasteiger partial charge < -0.3 is 5.11 Å². The molecule has 1 saturated heterocycles. The first-order chi connectivity index (χ1) is 9.69. The van der Waals surface area contributed by atoms with Gasteiger partial charge in [-0.3, -0.25) is 4.90 Å². The van der Waals surface area contributed by atoms with E-state index >= 15 is 0 Å². The van der Waals surface area contributed by atoms with E-state index in [4.69, 9.17) is 5.11 Å². The van der Waals surface area contributed by atoms with Gasteiger partial charge in [-0.15, -0.1) is 0 Å². The van der Waals surface area contributed by atoms with Gasteiger partial charge >= 0.3 is 5.97 Å². The van der Waals surface area contributed by atoms with Gasteiger partial charge in [0, 0.05) is 18.7 Å². The van der Waals surface area contributed by atoms with Gasteiger partial charge in [-0.1, -0.05) is 0 Å². The van der Waals surface area contributed by atoms with E-state index in [0.29, 0.717) is 0 Å². The van der Waals surface area contributed by atoms with Crippen LogP contribution in [0.25, 0.3) is 0 Å². The minimum Gasteiger partial charge on any atom is -0.478 e. The monoisotopic (exact) mass is 275 g/mol. The van der Waals surface area contributed by atoms with Gasteiger partial charge in [-0.05, 0) is 80.7 Å². The molecule has 5 rings (SSSR count). The summed E-state index contributed by atoms with van der Waals surface area (Å²) in [6.45, 7) is 2.10. The maximum Gasteiger partial charge on any atom is 0.328 e. The third-order valence-corrected chi connectivity index (χ3v) is 6.28. The molecule has 110 valence electrons. The summed E-state index contributed by atoms with van der Waals surface area (Å²) in [5.74, 6) is 3.10. The van der Waals surface area contributed by atoms with E-state index in [2.05, 4.69) is 4.90 Å². The number of carboxylic acids is 1. The molecule has 1 aliphatic heterocycles. The second-order valence-electron chi connectivity index (χ2n) is 7.64. The van der Waals surface area contributed by atoms with E-state index in [1.54, 1.807) is 0 Å². The molecule has 1 heterocycles. The minimum absolute atomic E-state index is 0.764. The minimum atomic E-state index is -0.771. The van der Waals surface area contributed by atoms with Gasteiger partial charge in [-0.25, -0.2) is 4.79 Å². The quantitative estimate of drug-likeness (QED) is 0.788. The average molecular weight is 275 g/mol. The summed E-state index contributed by atoms with van der Waals surface area (Å²) in [6.07, 6.45) is 10.9. The highest BCUT2D eigenvalue weighted by Gasteiger charge is 2.50. The molecular formula is C17H25NO2. The largest absolute Gasteiger partial charge is 0.478 e. The fourth-order valence-corrected chi connectivity index (χ4v) is 5.97. The first-order valence-corrected chi connectivity index (χ1v) is 8.35. The lowest BCUT2D eigenvalue weighted by Crippen LogP contribution is -2.57. The molecule has 4 aliphatic carbocycles. The van der Waals surface area contributed by atoms with Crippen LogP contribution >= 0.6 is 0 Å². The topological polar surface area (TPSA) is 40.5 Å². The van der Waals surface area contributed by atoms with Crippen molar-refractivity contribution < 1.29 is 9.90 Å². The summed E-state index contributed by atoms with van der Waals surface area (Å²) in [7, 11) is 0. The van der Waals surface area contributed by atoms with Crippen LogP contribution in [-0.2, 0) is 4.79 Å². The summed E-state index contributed by atoms with van der Waals surface area (Å²) >= 11 is 0. The molecule has 0 atom stereocenters. The lowest BCUT2D eigenvalue weighted by atomic mass is 9.53. The highest BCUT2D eigenvalue weighted by atomic mass is 16.4. The molecule has 5 fully saturated rings. The SMILES string of the molecule is O=C(O)/C=C1\CCCN(C2C3CC4CC(C3)CC2C4)C1. The Morgan fingerprint density at radius 1 is 1.10 bits per heavy atom. The van der Waals surface area contributed by atoms with Gasteiger partial charge in [0.05, 0.1) is 0 Å². The number of carboxylic acid groups (broad SMARTS) is 1. The molecule has 1 N–H and O–H groups in total. The van der Waals surface area contributed by atoms with E-state index < -0.39 is 5.97 Å². The highest BCUT2D eigenvalue weighted by Crippen LogP contribution is 2.55. The number of likely N-dealkylation sites (tertiary alicyclic amines) is 1. The van der Waals surface area contributed by atoms with Crippen molar-refractivity contribution >= 4 is 5.97 Å². The molecule has 0 spiro atoms. The summed E-state index contributed by atoms with van der Waals surface area (Å²) in [5, 5.41) is 8.97. The molecule has 4 saturated carbocycles. The van der Waals surface area contributed by atoms with Crippen molar-refractivity contribution in [1.82, 2.24) is 4.90 Å². The first kappa shape index (κ1) is 12.9. The van der Waals surface area contributed by atoms with Crippen LogP contribution in [0.3, 0.4) is 0 Å². The normalized spacial score (nSPS) is 46.0. The van der Waals surface area contributed by atoms with Crippen LogP contribution in [0.2, 0.25) is 0 Å². The Morgan fingerprint density at radius 2 is 1.75 bits per heavy atom. The fraction of sp³-hybridized carbons (Fsp3) is 0.824. The van der Waals surface area contributed by atoms with Gasteiger partial charge in [0.1, 0.15) is 0 Å². The van der Waals surface area contributed by atoms with Crippen LogP contribution in [0, 0.1) is 23.7 Å². The fourth-order valence-electron chi connectivity index (χ4n) is 5.97. The van der Waals surface area contributed by atoms with Crippen LogP contribution in [-0.4, -0.2) is 35.1 Å². The Hall–Kier alpha value is -0.830. The van der Waals surface area contributed by atoms with E-state index in [9.17, 15) is 4.79 Å². The zero-order valence-corrected chi connectivity index (χ0v) is 12.1. The molecule has 0 aromatic rings. The maximum absolute atomic E-state index is 10.9. The van der Waals surface area contributed by atoms with Gasteiger partial charge in [0.2, 0.25) is 0 Å². The molecular weight excluding hydrogens is 250 g/mol. The molecule has 0 amide bonds. The van der Waals surface area contributed by atoms with Crippen molar-refractivity contribution in [2.75, 3.05) is 13.1 Å². The zero-order valence-electron chi connectivity index (χ0n) is 12.1. The molecule has 5 aliphatic rings. The lowest BCUT2D eigenvalue weighted by Gasteiger charge is -2.58. The summed E-state index contributed by atoms with van der Waals surface area (Å²) in [5.41, 5.74) is 1.14. The van der Waals surface area contributed by atoms with Gasteiger partial charge in [0.15, 0.2) is 0 Å². The number of rotatable bonds is 2. The highest BCUT2D eigenvalue weighted by molar-refractivity contribution is 5.80. The van der Waals surface area contributed by atoms with Crippen LogP contribution in [0.1, 0.15) is 44.9 Å². The Balaban J connectivity index is 1.51. The number of hydrogen-bond donors (Lipinski definition) is 1. The predicted octanol–water partition coefficient (Wildman–Crippen LogP) is 2.92. The van der Waals surface area contributed by atoms with E-state index in [0.717, 1.165) is 54.7 Å². The van der Waals surface area contributed by atoms with Crippen LogP contribution in [0.15, 0.2) is 11.6 Å². The van der Waals surface area contributed by atoms with Crippen molar-refractivity contribution in [3.05, 3.63) is 11.6 Å². The number of piperidine rings is 1. The van der Waals surface area contributed by atoms with Crippen molar-refractivity contribution in [2.45, 2.75) is 51.0 Å². The van der Waals surface area contributed by atoms with Crippen molar-refractivity contribution in [3.63, 3.8) is 0 Å². The number of hydrogen-bond acceptors (Lipinski definition) is 2. The molecule has 0 unspecified atom stereocenters. The standard InChI is InChI=1S/C17H25NO2/c19-16(20)9-11-2-1-3-18(10-11)17-14-5-12-4-13(7-14)8-15(17)6-12/h9,12-15,17H,1-8,10H2,(H,19,20)/b11-9+. The third-order valence-electron chi connectivity index (χ3n) is 6.28. The Bertz CT molecular complexity index is 414. The third kappa shape index (κ3) is 2.20. The number of nitrogens with zero attached hydrogens (tertiary/aromatic N) is 1. The second kappa shape index (κ2) is 4.87. The first-order valence-electron chi connectivity index (χ1n) is 8.35. The van der Waals surface area contributed by atoms with Crippen LogP contribution < -0.4 is 0 Å². The molecule has 20 heavy (non-hydrogen) atoms. The lowest BCUT2D eigenvalue weighted by molar-refractivity contribution is -0.131. The number of carbonyl (C=O) groups is 1. The van der Waals surface area contributed by atoms with Gasteiger partial charge in [0.25, 0.3) is 0 Å². The molecule has 0 aromatic carbocycles. The van der Waals surface area contributed by atoms with E-state index in [-0.39, 0.29) is 0 Å². The van der Waals surface area contributed by atoms with Crippen LogP contribution in [0.4, 0.5) is 0 Å². The van der Waals surface area contributed by atoms with E-state index in [1.807, 2.05) is 0 Å². The van der Waals surface area contributed by atoms with Crippen LogP contribution in [0.5, 0.6) is 0 Å².